The Labute approximate surface area is 107 Å². The molecule has 1 rings (SSSR count). The van der Waals surface area contributed by atoms with Gasteiger partial charge in [-0.25, -0.2) is 0 Å². The van der Waals surface area contributed by atoms with Gasteiger partial charge >= 0.3 is 0 Å². The second-order valence-corrected chi connectivity index (χ2v) is 4.80. The summed E-state index contributed by atoms with van der Waals surface area (Å²) in [5, 5.41) is 3.66. The lowest BCUT2D eigenvalue weighted by molar-refractivity contribution is 0.452. The first-order valence-corrected chi connectivity index (χ1v) is 7.11. The Morgan fingerprint density at radius 3 is 2.18 bits per heavy atom. The summed E-state index contributed by atoms with van der Waals surface area (Å²) >= 11 is 0. The van der Waals surface area contributed by atoms with Crippen LogP contribution in [0, 0.1) is 0 Å². The van der Waals surface area contributed by atoms with Crippen molar-refractivity contribution in [3.63, 3.8) is 0 Å². The summed E-state index contributed by atoms with van der Waals surface area (Å²) in [5.74, 6) is 0. The maximum absolute atomic E-state index is 3.66. The molecule has 0 saturated heterocycles. The number of benzene rings is 1. The van der Waals surface area contributed by atoms with Gasteiger partial charge in [0.25, 0.3) is 0 Å². The summed E-state index contributed by atoms with van der Waals surface area (Å²) in [6.45, 7) is 7.74. The van der Waals surface area contributed by atoms with Crippen molar-refractivity contribution in [2.75, 3.05) is 0 Å². The summed E-state index contributed by atoms with van der Waals surface area (Å²) in [4.78, 5) is 0. The van der Waals surface area contributed by atoms with Crippen molar-refractivity contribution in [3.05, 3.63) is 35.4 Å². The SMILES string of the molecule is CCCCC(CC)NCc1ccc(CC)cc1. The van der Waals surface area contributed by atoms with Crippen LogP contribution >= 0.6 is 0 Å². The number of hydrogen-bond donors (Lipinski definition) is 1. The standard InChI is InChI=1S/C16H27N/c1-4-7-8-16(6-3)17-13-15-11-9-14(5-2)10-12-15/h9-12,16-17H,4-8,13H2,1-3H3. The van der Waals surface area contributed by atoms with E-state index in [1.165, 1.54) is 36.8 Å². The maximum atomic E-state index is 3.66. The molecule has 0 aliphatic rings. The van der Waals surface area contributed by atoms with Crippen molar-refractivity contribution in [1.29, 1.82) is 0 Å². The average Bonchev–Trinajstić information content (AvgIpc) is 2.39. The molecule has 0 aliphatic carbocycles. The van der Waals surface area contributed by atoms with Gasteiger partial charge < -0.3 is 5.32 Å². The Hall–Kier alpha value is -0.820. The molecule has 1 heteroatoms. The number of rotatable bonds is 8. The molecule has 0 radical (unpaired) electrons. The minimum atomic E-state index is 0.681. The van der Waals surface area contributed by atoms with Crippen molar-refractivity contribution < 1.29 is 0 Å². The number of nitrogens with one attached hydrogen (secondary N) is 1. The van der Waals surface area contributed by atoms with Crippen LogP contribution in [-0.4, -0.2) is 6.04 Å². The third-order valence-corrected chi connectivity index (χ3v) is 3.43. The lowest BCUT2D eigenvalue weighted by atomic mass is 10.1. The average molecular weight is 233 g/mol. The van der Waals surface area contributed by atoms with Crippen molar-refractivity contribution in [3.8, 4) is 0 Å². The molecule has 0 aliphatic heterocycles. The van der Waals surface area contributed by atoms with Gasteiger partial charge in [0.1, 0.15) is 0 Å². The molecular formula is C16H27N. The highest BCUT2D eigenvalue weighted by atomic mass is 14.9. The van der Waals surface area contributed by atoms with E-state index in [9.17, 15) is 0 Å². The van der Waals surface area contributed by atoms with Crippen molar-refractivity contribution in [2.45, 2.75) is 65.5 Å². The predicted molar refractivity (Wildman–Crippen MR) is 76.3 cm³/mol. The molecule has 1 atom stereocenters. The Balaban J connectivity index is 2.36. The van der Waals surface area contributed by atoms with E-state index in [4.69, 9.17) is 0 Å². The molecule has 1 aromatic rings. The van der Waals surface area contributed by atoms with E-state index in [0.29, 0.717) is 6.04 Å². The molecule has 0 aromatic heterocycles. The van der Waals surface area contributed by atoms with Crippen molar-refractivity contribution in [1.82, 2.24) is 5.32 Å². The van der Waals surface area contributed by atoms with Gasteiger partial charge in [-0.3, -0.25) is 0 Å². The molecule has 96 valence electrons. The van der Waals surface area contributed by atoms with Gasteiger partial charge in [0.05, 0.1) is 0 Å². The fraction of sp³-hybridized carbons (Fsp3) is 0.625. The predicted octanol–water partition coefficient (Wildman–Crippen LogP) is 4.31. The van der Waals surface area contributed by atoms with Gasteiger partial charge in [0.15, 0.2) is 0 Å². The topological polar surface area (TPSA) is 12.0 Å². The van der Waals surface area contributed by atoms with E-state index < -0.39 is 0 Å². The largest absolute Gasteiger partial charge is 0.310 e. The molecule has 0 saturated carbocycles. The zero-order chi connectivity index (χ0) is 12.5. The molecule has 1 N–H and O–H groups in total. The molecule has 0 heterocycles. The van der Waals surface area contributed by atoms with Crippen LogP contribution in [0.2, 0.25) is 0 Å². The van der Waals surface area contributed by atoms with Crippen LogP contribution in [0.5, 0.6) is 0 Å². The number of aryl methyl sites for hydroxylation is 1. The van der Waals surface area contributed by atoms with E-state index in [0.717, 1.165) is 13.0 Å². The first-order valence-electron chi connectivity index (χ1n) is 7.11. The molecule has 0 spiro atoms. The molecule has 0 bridgehead atoms. The Morgan fingerprint density at radius 1 is 1.00 bits per heavy atom. The first kappa shape index (κ1) is 14.2. The molecule has 0 fully saturated rings. The highest BCUT2D eigenvalue weighted by Gasteiger charge is 2.04. The van der Waals surface area contributed by atoms with Crippen LogP contribution in [-0.2, 0) is 13.0 Å². The van der Waals surface area contributed by atoms with E-state index in [1.54, 1.807) is 0 Å². The normalized spacial score (nSPS) is 12.6. The summed E-state index contributed by atoms with van der Waals surface area (Å²) in [7, 11) is 0. The number of hydrogen-bond acceptors (Lipinski definition) is 1. The molecule has 1 nitrogen and oxygen atoms in total. The third-order valence-electron chi connectivity index (χ3n) is 3.43. The van der Waals surface area contributed by atoms with Crippen LogP contribution in [0.25, 0.3) is 0 Å². The monoisotopic (exact) mass is 233 g/mol. The van der Waals surface area contributed by atoms with Crippen molar-refractivity contribution in [2.24, 2.45) is 0 Å². The van der Waals surface area contributed by atoms with Gasteiger partial charge in [-0.15, -0.1) is 0 Å². The van der Waals surface area contributed by atoms with Crippen molar-refractivity contribution >= 4 is 0 Å². The lowest BCUT2D eigenvalue weighted by Gasteiger charge is -2.16. The van der Waals surface area contributed by atoms with Gasteiger partial charge in [-0.2, -0.15) is 0 Å². The number of unbranched alkanes of at least 4 members (excludes halogenated alkanes) is 1. The Bertz CT molecular complexity index is 289. The summed E-state index contributed by atoms with van der Waals surface area (Å²) in [6.07, 6.45) is 6.29. The highest BCUT2D eigenvalue weighted by Crippen LogP contribution is 2.08. The second-order valence-electron chi connectivity index (χ2n) is 4.80. The maximum Gasteiger partial charge on any atom is 0.0208 e. The van der Waals surface area contributed by atoms with Gasteiger partial charge in [0.2, 0.25) is 0 Å². The van der Waals surface area contributed by atoms with Gasteiger partial charge in [-0.1, -0.05) is 57.9 Å². The highest BCUT2D eigenvalue weighted by molar-refractivity contribution is 5.22. The summed E-state index contributed by atoms with van der Waals surface area (Å²) < 4.78 is 0. The smallest absolute Gasteiger partial charge is 0.0208 e. The van der Waals surface area contributed by atoms with E-state index in [1.807, 2.05) is 0 Å². The Morgan fingerprint density at radius 2 is 1.65 bits per heavy atom. The third kappa shape index (κ3) is 5.36. The summed E-state index contributed by atoms with van der Waals surface area (Å²) in [5.41, 5.74) is 2.82. The van der Waals surface area contributed by atoms with Gasteiger partial charge in [-0.05, 0) is 30.4 Å². The fourth-order valence-corrected chi connectivity index (χ4v) is 2.06. The minimum Gasteiger partial charge on any atom is -0.310 e. The zero-order valence-corrected chi connectivity index (χ0v) is 11.6. The van der Waals surface area contributed by atoms with E-state index in [2.05, 4.69) is 50.4 Å². The zero-order valence-electron chi connectivity index (χ0n) is 11.6. The van der Waals surface area contributed by atoms with E-state index in [-0.39, 0.29) is 0 Å². The van der Waals surface area contributed by atoms with Crippen LogP contribution in [0.3, 0.4) is 0 Å². The van der Waals surface area contributed by atoms with Crippen LogP contribution in [0.15, 0.2) is 24.3 Å². The van der Waals surface area contributed by atoms with Crippen LogP contribution in [0.1, 0.15) is 57.6 Å². The van der Waals surface area contributed by atoms with Crippen LogP contribution in [0.4, 0.5) is 0 Å². The molecule has 1 aromatic carbocycles. The first-order chi connectivity index (χ1) is 8.30. The second kappa shape index (κ2) is 8.30. The molecule has 0 amide bonds. The molecule has 17 heavy (non-hydrogen) atoms. The van der Waals surface area contributed by atoms with E-state index >= 15 is 0 Å². The molecule has 1 unspecified atom stereocenters. The van der Waals surface area contributed by atoms with Gasteiger partial charge in [0, 0.05) is 12.6 Å². The Kier molecular flexibility index (Phi) is 6.95. The van der Waals surface area contributed by atoms with Crippen LogP contribution < -0.4 is 5.32 Å². The minimum absolute atomic E-state index is 0.681. The molecular weight excluding hydrogens is 206 g/mol. The fourth-order valence-electron chi connectivity index (χ4n) is 2.06. The lowest BCUT2D eigenvalue weighted by Crippen LogP contribution is -2.27. The summed E-state index contributed by atoms with van der Waals surface area (Å²) in [6, 6.07) is 9.66. The quantitative estimate of drug-likeness (QED) is 0.705.